The summed E-state index contributed by atoms with van der Waals surface area (Å²) >= 11 is 0. The van der Waals surface area contributed by atoms with Gasteiger partial charge in [0.1, 0.15) is 5.75 Å². The molecule has 5 heteroatoms. The maximum atomic E-state index is 11.7. The van der Waals surface area contributed by atoms with Gasteiger partial charge in [0.15, 0.2) is 12.6 Å². The maximum absolute atomic E-state index is 11.7. The predicted molar refractivity (Wildman–Crippen MR) is 98.5 cm³/mol. The standard InChI is InChI=1S/C21H20O5/c1-25-20-9-5-16(6-10-20)7-11-21(24)26-12-2-3-17-4-8-18(14-22)19(13-17)15-23/h4-11,13-15H,2-3,12H2,1H3. The Bertz CT molecular complexity index is 791. The summed E-state index contributed by atoms with van der Waals surface area (Å²) in [7, 11) is 1.60. The first-order valence-corrected chi connectivity index (χ1v) is 8.18. The Morgan fingerprint density at radius 3 is 2.38 bits per heavy atom. The van der Waals surface area contributed by atoms with E-state index in [1.807, 2.05) is 24.3 Å². The summed E-state index contributed by atoms with van der Waals surface area (Å²) in [4.78, 5) is 33.5. The lowest BCUT2D eigenvalue weighted by Gasteiger charge is -2.05. The van der Waals surface area contributed by atoms with Crippen molar-refractivity contribution >= 4 is 24.6 Å². The van der Waals surface area contributed by atoms with Crippen LogP contribution in [0.5, 0.6) is 5.75 Å². The number of ether oxygens (including phenoxy) is 2. The monoisotopic (exact) mass is 352 g/mol. The summed E-state index contributed by atoms with van der Waals surface area (Å²) in [6, 6.07) is 12.4. The van der Waals surface area contributed by atoms with Gasteiger partial charge in [0, 0.05) is 17.2 Å². The van der Waals surface area contributed by atoms with E-state index in [4.69, 9.17) is 9.47 Å². The highest BCUT2D eigenvalue weighted by atomic mass is 16.5. The largest absolute Gasteiger partial charge is 0.497 e. The fourth-order valence-corrected chi connectivity index (χ4v) is 2.37. The Balaban J connectivity index is 1.76. The number of benzene rings is 2. The highest BCUT2D eigenvalue weighted by molar-refractivity contribution is 5.90. The molecule has 0 radical (unpaired) electrons. The molecule has 2 aromatic rings. The van der Waals surface area contributed by atoms with E-state index >= 15 is 0 Å². The molecule has 2 aromatic carbocycles. The Hall–Kier alpha value is -3.21. The van der Waals surface area contributed by atoms with Gasteiger partial charge in [0.05, 0.1) is 13.7 Å². The Labute approximate surface area is 152 Å². The Morgan fingerprint density at radius 1 is 1.00 bits per heavy atom. The van der Waals surface area contributed by atoms with Crippen molar-refractivity contribution < 1.29 is 23.9 Å². The molecule has 0 saturated heterocycles. The normalized spacial score (nSPS) is 10.5. The fourth-order valence-electron chi connectivity index (χ4n) is 2.37. The number of methoxy groups -OCH3 is 1. The van der Waals surface area contributed by atoms with Crippen molar-refractivity contribution in [2.45, 2.75) is 12.8 Å². The molecule has 134 valence electrons. The van der Waals surface area contributed by atoms with Crippen LogP contribution in [0.25, 0.3) is 6.08 Å². The van der Waals surface area contributed by atoms with Crippen LogP contribution in [0.1, 0.15) is 38.3 Å². The zero-order valence-electron chi connectivity index (χ0n) is 14.5. The van der Waals surface area contributed by atoms with Crippen LogP contribution in [0.2, 0.25) is 0 Å². The molecule has 0 saturated carbocycles. The summed E-state index contributed by atoms with van der Waals surface area (Å²) in [5, 5.41) is 0. The van der Waals surface area contributed by atoms with E-state index in [0.29, 0.717) is 36.5 Å². The molecule has 5 nitrogen and oxygen atoms in total. The number of hydrogen-bond donors (Lipinski definition) is 0. The van der Waals surface area contributed by atoms with Crippen LogP contribution in [0.15, 0.2) is 48.5 Å². The minimum absolute atomic E-state index is 0.275. The summed E-state index contributed by atoms with van der Waals surface area (Å²) < 4.78 is 10.2. The van der Waals surface area contributed by atoms with Gasteiger partial charge in [0.2, 0.25) is 0 Å². The third-order valence-electron chi connectivity index (χ3n) is 3.79. The quantitative estimate of drug-likeness (QED) is 0.299. The van der Waals surface area contributed by atoms with Crippen molar-refractivity contribution in [3.8, 4) is 5.75 Å². The lowest BCUT2D eigenvalue weighted by atomic mass is 10.0. The van der Waals surface area contributed by atoms with E-state index in [1.54, 1.807) is 31.4 Å². The number of hydrogen-bond acceptors (Lipinski definition) is 5. The summed E-state index contributed by atoms with van der Waals surface area (Å²) in [5.41, 5.74) is 2.54. The number of esters is 1. The van der Waals surface area contributed by atoms with Crippen molar-refractivity contribution in [3.05, 3.63) is 70.8 Å². The van der Waals surface area contributed by atoms with Crippen LogP contribution in [-0.4, -0.2) is 32.3 Å². The van der Waals surface area contributed by atoms with Crippen molar-refractivity contribution in [3.63, 3.8) is 0 Å². The van der Waals surface area contributed by atoms with Gasteiger partial charge in [-0.05, 0) is 48.2 Å². The molecule has 0 aliphatic carbocycles. The molecule has 26 heavy (non-hydrogen) atoms. The molecule has 0 fully saturated rings. The minimum Gasteiger partial charge on any atom is -0.497 e. The third kappa shape index (κ3) is 5.70. The lowest BCUT2D eigenvalue weighted by molar-refractivity contribution is -0.137. The van der Waals surface area contributed by atoms with Gasteiger partial charge in [-0.25, -0.2) is 4.79 Å². The topological polar surface area (TPSA) is 69.7 Å². The molecule has 0 N–H and O–H groups in total. The van der Waals surface area contributed by atoms with E-state index < -0.39 is 5.97 Å². The fraction of sp³-hybridized carbons (Fsp3) is 0.190. The lowest BCUT2D eigenvalue weighted by Crippen LogP contribution is -2.03. The second-order valence-electron chi connectivity index (χ2n) is 5.58. The van der Waals surface area contributed by atoms with Gasteiger partial charge in [-0.3, -0.25) is 9.59 Å². The molecule has 0 aliphatic heterocycles. The molecule has 0 heterocycles. The van der Waals surface area contributed by atoms with Gasteiger partial charge >= 0.3 is 5.97 Å². The van der Waals surface area contributed by atoms with Crippen molar-refractivity contribution in [1.29, 1.82) is 0 Å². The first-order chi connectivity index (χ1) is 12.7. The zero-order valence-corrected chi connectivity index (χ0v) is 14.5. The molecule has 0 spiro atoms. The average molecular weight is 352 g/mol. The number of aldehydes is 2. The highest BCUT2D eigenvalue weighted by Gasteiger charge is 2.03. The molecule has 0 atom stereocenters. The molecule has 0 aromatic heterocycles. The van der Waals surface area contributed by atoms with E-state index in [0.717, 1.165) is 16.9 Å². The van der Waals surface area contributed by atoms with Crippen molar-refractivity contribution in [2.75, 3.05) is 13.7 Å². The molecular weight excluding hydrogens is 332 g/mol. The first kappa shape index (κ1) is 19.1. The van der Waals surface area contributed by atoms with Crippen LogP contribution < -0.4 is 4.74 Å². The van der Waals surface area contributed by atoms with Gasteiger partial charge in [0.25, 0.3) is 0 Å². The first-order valence-electron chi connectivity index (χ1n) is 8.18. The van der Waals surface area contributed by atoms with Crippen LogP contribution in [-0.2, 0) is 16.0 Å². The molecule has 0 unspecified atom stereocenters. The van der Waals surface area contributed by atoms with Gasteiger partial charge < -0.3 is 9.47 Å². The molecular formula is C21H20O5. The smallest absolute Gasteiger partial charge is 0.330 e. The summed E-state index contributed by atoms with van der Waals surface area (Å²) in [6.45, 7) is 0.275. The van der Waals surface area contributed by atoms with Crippen LogP contribution in [0.3, 0.4) is 0 Å². The van der Waals surface area contributed by atoms with Crippen molar-refractivity contribution in [2.24, 2.45) is 0 Å². The van der Waals surface area contributed by atoms with Crippen LogP contribution in [0, 0.1) is 0 Å². The number of carbonyl (C=O) groups excluding carboxylic acids is 3. The SMILES string of the molecule is COc1ccc(C=CC(=O)OCCCc2ccc(C=O)c(C=O)c2)cc1. The van der Waals surface area contributed by atoms with E-state index in [2.05, 4.69) is 0 Å². The van der Waals surface area contributed by atoms with Gasteiger partial charge in [-0.2, -0.15) is 0 Å². The van der Waals surface area contributed by atoms with Crippen molar-refractivity contribution in [1.82, 2.24) is 0 Å². The molecule has 0 aliphatic rings. The number of carbonyl (C=O) groups is 3. The highest BCUT2D eigenvalue weighted by Crippen LogP contribution is 2.13. The minimum atomic E-state index is -0.411. The zero-order chi connectivity index (χ0) is 18.8. The second kappa shape index (κ2) is 9.93. The Morgan fingerprint density at radius 2 is 1.73 bits per heavy atom. The second-order valence-corrected chi connectivity index (χ2v) is 5.58. The van der Waals surface area contributed by atoms with E-state index in [-0.39, 0.29) is 6.61 Å². The van der Waals surface area contributed by atoms with Crippen LogP contribution in [0.4, 0.5) is 0 Å². The Kier molecular flexibility index (Phi) is 7.31. The third-order valence-corrected chi connectivity index (χ3v) is 3.79. The van der Waals surface area contributed by atoms with Crippen LogP contribution >= 0.6 is 0 Å². The number of rotatable bonds is 9. The molecule has 2 rings (SSSR count). The number of aryl methyl sites for hydroxylation is 1. The molecule has 0 bridgehead atoms. The van der Waals surface area contributed by atoms with E-state index in [9.17, 15) is 14.4 Å². The summed E-state index contributed by atoms with van der Waals surface area (Å²) in [5.74, 6) is 0.342. The van der Waals surface area contributed by atoms with Gasteiger partial charge in [-0.1, -0.05) is 24.3 Å². The van der Waals surface area contributed by atoms with E-state index in [1.165, 1.54) is 6.08 Å². The predicted octanol–water partition coefficient (Wildman–Crippen LogP) is 3.51. The van der Waals surface area contributed by atoms with Gasteiger partial charge in [-0.15, -0.1) is 0 Å². The molecule has 0 amide bonds. The summed E-state index contributed by atoms with van der Waals surface area (Å²) in [6.07, 6.45) is 5.65. The maximum Gasteiger partial charge on any atom is 0.330 e. The average Bonchev–Trinajstić information content (AvgIpc) is 2.69.